The standard InChI is InChI=1S/C21H33N5O4S2/c1-13(2)11-26(12-14(3)4)18-8-7-16(15(5)9-19(27)28)10-17(18)22-20-23-24-21(31-20)25-32(6,29)30/h7-8,10,13-15H,9,11-12H2,1-6H3,(H,22,23)(H,24,25)(H,27,28). The number of aliphatic carboxylic acids is 1. The van der Waals surface area contributed by atoms with Crippen LogP contribution in [0.5, 0.6) is 0 Å². The van der Waals surface area contributed by atoms with Crippen molar-refractivity contribution in [2.75, 3.05) is 34.3 Å². The van der Waals surface area contributed by atoms with Crippen molar-refractivity contribution < 1.29 is 18.3 Å². The van der Waals surface area contributed by atoms with Crippen LogP contribution in [0.1, 0.15) is 52.5 Å². The van der Waals surface area contributed by atoms with E-state index < -0.39 is 16.0 Å². The molecule has 1 heterocycles. The number of hydrogen-bond acceptors (Lipinski definition) is 8. The van der Waals surface area contributed by atoms with E-state index in [2.05, 4.69) is 52.8 Å². The van der Waals surface area contributed by atoms with Crippen LogP contribution in [0.3, 0.4) is 0 Å². The van der Waals surface area contributed by atoms with E-state index in [0.717, 1.165) is 47.6 Å². The smallest absolute Gasteiger partial charge is 0.303 e. The molecule has 32 heavy (non-hydrogen) atoms. The Kier molecular flexibility index (Phi) is 8.85. The van der Waals surface area contributed by atoms with Crippen molar-refractivity contribution in [1.82, 2.24) is 10.2 Å². The van der Waals surface area contributed by atoms with Gasteiger partial charge in [-0.2, -0.15) is 0 Å². The third-order valence-electron chi connectivity index (χ3n) is 4.52. The molecule has 1 aromatic heterocycles. The molecule has 0 radical (unpaired) electrons. The van der Waals surface area contributed by atoms with Gasteiger partial charge in [-0.15, -0.1) is 10.2 Å². The topological polar surface area (TPSA) is 125 Å². The molecule has 11 heteroatoms. The maximum atomic E-state index is 11.5. The van der Waals surface area contributed by atoms with Gasteiger partial charge in [0.1, 0.15) is 0 Å². The molecule has 9 nitrogen and oxygen atoms in total. The third-order valence-corrected chi connectivity index (χ3v) is 5.97. The minimum absolute atomic E-state index is 0.0295. The molecule has 0 aliphatic carbocycles. The first kappa shape index (κ1) is 25.9. The second-order valence-corrected chi connectivity index (χ2v) is 11.6. The zero-order valence-electron chi connectivity index (χ0n) is 19.4. The van der Waals surface area contributed by atoms with Crippen LogP contribution >= 0.6 is 11.3 Å². The number of hydrogen-bond donors (Lipinski definition) is 3. The molecule has 178 valence electrons. The van der Waals surface area contributed by atoms with Crippen molar-refractivity contribution in [2.45, 2.75) is 47.0 Å². The predicted molar refractivity (Wildman–Crippen MR) is 131 cm³/mol. The molecule has 1 aromatic carbocycles. The van der Waals surface area contributed by atoms with Gasteiger partial charge in [-0.05, 0) is 35.4 Å². The van der Waals surface area contributed by atoms with Crippen LogP contribution in [0.2, 0.25) is 0 Å². The Morgan fingerprint density at radius 1 is 1.09 bits per heavy atom. The summed E-state index contributed by atoms with van der Waals surface area (Å²) in [5.74, 6) is -0.126. The summed E-state index contributed by atoms with van der Waals surface area (Å²) >= 11 is 1.09. The average molecular weight is 484 g/mol. The molecule has 0 aliphatic rings. The molecular weight excluding hydrogens is 450 g/mol. The Hall–Kier alpha value is -2.40. The lowest BCUT2D eigenvalue weighted by molar-refractivity contribution is -0.137. The second kappa shape index (κ2) is 11.0. The van der Waals surface area contributed by atoms with Gasteiger partial charge in [0.05, 0.1) is 24.1 Å². The summed E-state index contributed by atoms with van der Waals surface area (Å²) in [5.41, 5.74) is 2.65. The minimum atomic E-state index is -3.45. The average Bonchev–Trinajstić information content (AvgIpc) is 3.04. The molecule has 0 amide bonds. The summed E-state index contributed by atoms with van der Waals surface area (Å²) in [7, 11) is -3.45. The van der Waals surface area contributed by atoms with Crippen molar-refractivity contribution in [3.05, 3.63) is 23.8 Å². The second-order valence-electron chi connectivity index (χ2n) is 8.88. The van der Waals surface area contributed by atoms with Crippen molar-refractivity contribution in [2.24, 2.45) is 11.8 Å². The molecule has 1 atom stereocenters. The van der Waals surface area contributed by atoms with Gasteiger partial charge in [-0.1, -0.05) is 52.0 Å². The van der Waals surface area contributed by atoms with Crippen LogP contribution < -0.4 is 14.9 Å². The van der Waals surface area contributed by atoms with Crippen LogP contribution in [-0.4, -0.2) is 49.0 Å². The van der Waals surface area contributed by atoms with E-state index in [4.69, 9.17) is 0 Å². The first-order valence-electron chi connectivity index (χ1n) is 10.5. The summed E-state index contributed by atoms with van der Waals surface area (Å²) in [6, 6.07) is 5.93. The van der Waals surface area contributed by atoms with Gasteiger partial charge < -0.3 is 15.3 Å². The fraction of sp³-hybridized carbons (Fsp3) is 0.571. The zero-order valence-corrected chi connectivity index (χ0v) is 21.0. The fourth-order valence-electron chi connectivity index (χ4n) is 3.36. The molecular formula is C21H33N5O4S2. The third kappa shape index (κ3) is 8.27. The van der Waals surface area contributed by atoms with E-state index in [1.165, 1.54) is 0 Å². The molecule has 0 saturated heterocycles. The van der Waals surface area contributed by atoms with Crippen LogP contribution in [0.25, 0.3) is 0 Å². The number of aromatic nitrogens is 2. The Bertz CT molecular complexity index is 1010. The lowest BCUT2D eigenvalue weighted by Crippen LogP contribution is -2.31. The Labute approximate surface area is 194 Å². The Morgan fingerprint density at radius 3 is 2.22 bits per heavy atom. The molecule has 0 spiro atoms. The van der Waals surface area contributed by atoms with Crippen LogP contribution in [-0.2, 0) is 14.8 Å². The lowest BCUT2D eigenvalue weighted by Gasteiger charge is -2.31. The van der Waals surface area contributed by atoms with E-state index >= 15 is 0 Å². The van der Waals surface area contributed by atoms with E-state index in [0.29, 0.717) is 17.0 Å². The molecule has 0 bridgehead atoms. The number of carboxylic acid groups (broad SMARTS) is 1. The molecule has 2 aromatic rings. The zero-order chi connectivity index (χ0) is 24.1. The normalized spacial score (nSPS) is 12.8. The highest BCUT2D eigenvalue weighted by molar-refractivity contribution is 7.92. The van der Waals surface area contributed by atoms with Gasteiger partial charge in [0.25, 0.3) is 0 Å². The molecule has 3 N–H and O–H groups in total. The summed E-state index contributed by atoms with van der Waals surface area (Å²) < 4.78 is 25.3. The number of anilines is 4. The molecule has 0 saturated carbocycles. The SMILES string of the molecule is CC(C)CN(CC(C)C)c1ccc(C(C)CC(=O)O)cc1Nc1nnc(NS(C)(=O)=O)s1. The number of nitrogens with one attached hydrogen (secondary N) is 2. The number of carbonyl (C=O) groups is 1. The minimum Gasteiger partial charge on any atom is -0.481 e. The summed E-state index contributed by atoms with van der Waals surface area (Å²) in [5, 5.41) is 21.0. The quantitative estimate of drug-likeness (QED) is 0.407. The fourth-order valence-corrected chi connectivity index (χ4v) is 4.84. The maximum absolute atomic E-state index is 11.5. The highest BCUT2D eigenvalue weighted by Crippen LogP contribution is 2.35. The van der Waals surface area contributed by atoms with Gasteiger partial charge in [-0.3, -0.25) is 9.52 Å². The predicted octanol–water partition coefficient (Wildman–Crippen LogP) is 4.35. The monoisotopic (exact) mass is 483 g/mol. The Balaban J connectivity index is 2.45. The maximum Gasteiger partial charge on any atom is 0.303 e. The number of sulfonamides is 1. The number of carboxylic acids is 1. The van der Waals surface area contributed by atoms with Gasteiger partial charge >= 0.3 is 5.97 Å². The van der Waals surface area contributed by atoms with E-state index in [1.807, 2.05) is 25.1 Å². The van der Waals surface area contributed by atoms with Crippen molar-refractivity contribution in [1.29, 1.82) is 0 Å². The van der Waals surface area contributed by atoms with Gasteiger partial charge in [0, 0.05) is 13.1 Å². The van der Waals surface area contributed by atoms with E-state index in [9.17, 15) is 18.3 Å². The largest absolute Gasteiger partial charge is 0.481 e. The molecule has 0 fully saturated rings. The van der Waals surface area contributed by atoms with Crippen LogP contribution in [0, 0.1) is 11.8 Å². The lowest BCUT2D eigenvalue weighted by atomic mass is 9.96. The number of nitrogens with zero attached hydrogens (tertiary/aromatic N) is 3. The van der Waals surface area contributed by atoms with Gasteiger partial charge in [0.15, 0.2) is 0 Å². The van der Waals surface area contributed by atoms with Gasteiger partial charge in [0.2, 0.25) is 20.3 Å². The van der Waals surface area contributed by atoms with Crippen molar-refractivity contribution >= 4 is 49.0 Å². The number of rotatable bonds is 12. The first-order chi connectivity index (χ1) is 14.8. The molecule has 2 rings (SSSR count). The number of benzene rings is 1. The Morgan fingerprint density at radius 2 is 1.69 bits per heavy atom. The summed E-state index contributed by atoms with van der Waals surface area (Å²) in [4.78, 5) is 13.5. The van der Waals surface area contributed by atoms with Crippen molar-refractivity contribution in [3.8, 4) is 0 Å². The summed E-state index contributed by atoms with van der Waals surface area (Å²) in [6.07, 6.45) is 1.09. The van der Waals surface area contributed by atoms with Gasteiger partial charge in [-0.25, -0.2) is 8.42 Å². The highest BCUT2D eigenvalue weighted by atomic mass is 32.2. The summed E-state index contributed by atoms with van der Waals surface area (Å²) in [6.45, 7) is 12.2. The van der Waals surface area contributed by atoms with E-state index in [1.54, 1.807) is 0 Å². The van der Waals surface area contributed by atoms with Crippen LogP contribution in [0.4, 0.5) is 21.6 Å². The highest BCUT2D eigenvalue weighted by Gasteiger charge is 2.19. The molecule has 0 aliphatic heterocycles. The van der Waals surface area contributed by atoms with E-state index in [-0.39, 0.29) is 17.5 Å². The first-order valence-corrected chi connectivity index (χ1v) is 13.2. The van der Waals surface area contributed by atoms with Crippen molar-refractivity contribution in [3.63, 3.8) is 0 Å². The molecule has 1 unspecified atom stereocenters. The van der Waals surface area contributed by atoms with Crippen LogP contribution in [0.15, 0.2) is 18.2 Å².